The maximum absolute atomic E-state index is 11.3. The Labute approximate surface area is 145 Å². The summed E-state index contributed by atoms with van der Waals surface area (Å²) >= 11 is 6.17. The number of benzene rings is 3. The molecule has 0 aromatic heterocycles. The number of halogens is 1. The van der Waals surface area contributed by atoms with Gasteiger partial charge in [0.1, 0.15) is 5.75 Å². The molecule has 0 aliphatic rings. The van der Waals surface area contributed by atoms with Gasteiger partial charge in [-0.15, -0.1) is 0 Å². The Hall–Kier alpha value is -2.52. The topological polar surface area (TPSA) is 46.5 Å². The summed E-state index contributed by atoms with van der Waals surface area (Å²) in [4.78, 5) is 11.3. The predicted octanol–water partition coefficient (Wildman–Crippen LogP) is 4.97. The van der Waals surface area contributed by atoms with E-state index in [1.807, 2.05) is 48.5 Å². The van der Waals surface area contributed by atoms with Crippen molar-refractivity contribution in [2.45, 2.75) is 12.8 Å². The Morgan fingerprint density at radius 3 is 2.58 bits per heavy atom. The van der Waals surface area contributed by atoms with Gasteiger partial charge in [0.25, 0.3) is 0 Å². The molecule has 0 saturated carbocycles. The minimum Gasteiger partial charge on any atom is -0.506 e. The number of rotatable bonds is 4. The number of hydrogen-bond acceptors (Lipinski definition) is 3. The molecule has 3 aromatic carbocycles. The van der Waals surface area contributed by atoms with Crippen LogP contribution in [0.25, 0.3) is 21.9 Å². The molecule has 0 bridgehead atoms. The van der Waals surface area contributed by atoms with Crippen molar-refractivity contribution >= 4 is 28.3 Å². The first-order chi connectivity index (χ1) is 11.6. The second-order valence-electron chi connectivity index (χ2n) is 5.61. The van der Waals surface area contributed by atoms with Gasteiger partial charge in [-0.2, -0.15) is 0 Å². The molecule has 0 amide bonds. The van der Waals surface area contributed by atoms with Crippen LogP contribution in [0.1, 0.15) is 12.0 Å². The maximum Gasteiger partial charge on any atom is 0.305 e. The minimum absolute atomic E-state index is 0.0498. The molecule has 3 nitrogen and oxygen atoms in total. The number of fused-ring (bicyclic) bond motifs is 1. The van der Waals surface area contributed by atoms with Crippen molar-refractivity contribution in [2.24, 2.45) is 0 Å². The quantitative estimate of drug-likeness (QED) is 0.682. The van der Waals surface area contributed by atoms with E-state index in [4.69, 9.17) is 11.6 Å². The average molecular weight is 341 g/mol. The summed E-state index contributed by atoms with van der Waals surface area (Å²) in [7, 11) is 1.37. The standard InChI is InChI=1S/C20H17ClO3/c1-24-19(22)9-6-13-10-17(20(23)18(21)11-13)16-8-7-14-4-2-3-5-15(14)12-16/h2-5,7-8,10-12,23H,6,9H2,1H3. The van der Waals surface area contributed by atoms with Gasteiger partial charge in [0.2, 0.25) is 0 Å². The van der Waals surface area contributed by atoms with E-state index in [9.17, 15) is 9.90 Å². The van der Waals surface area contributed by atoms with Gasteiger partial charge in [0.15, 0.2) is 0 Å². The fourth-order valence-electron chi connectivity index (χ4n) is 2.72. The number of ether oxygens (including phenoxy) is 1. The van der Waals surface area contributed by atoms with Crippen LogP contribution in [-0.2, 0) is 16.0 Å². The average Bonchev–Trinajstić information content (AvgIpc) is 2.61. The van der Waals surface area contributed by atoms with Crippen LogP contribution in [0.5, 0.6) is 5.75 Å². The summed E-state index contributed by atoms with van der Waals surface area (Å²) < 4.78 is 4.67. The molecule has 0 radical (unpaired) electrons. The highest BCUT2D eigenvalue weighted by atomic mass is 35.5. The van der Waals surface area contributed by atoms with Crippen molar-refractivity contribution in [1.82, 2.24) is 0 Å². The summed E-state index contributed by atoms with van der Waals surface area (Å²) in [5, 5.41) is 12.8. The fourth-order valence-corrected chi connectivity index (χ4v) is 2.97. The van der Waals surface area contributed by atoms with Gasteiger partial charge in [-0.05, 0) is 46.5 Å². The van der Waals surface area contributed by atoms with E-state index in [2.05, 4.69) is 4.74 Å². The molecule has 0 aliphatic heterocycles. The van der Waals surface area contributed by atoms with Crippen LogP contribution < -0.4 is 0 Å². The molecule has 3 rings (SSSR count). The lowest BCUT2D eigenvalue weighted by Gasteiger charge is -2.11. The van der Waals surface area contributed by atoms with Gasteiger partial charge in [0.05, 0.1) is 12.1 Å². The summed E-state index contributed by atoms with van der Waals surface area (Å²) in [6.07, 6.45) is 0.780. The molecule has 0 atom stereocenters. The molecule has 0 spiro atoms. The highest BCUT2D eigenvalue weighted by molar-refractivity contribution is 6.32. The summed E-state index contributed by atoms with van der Waals surface area (Å²) in [5.41, 5.74) is 2.42. The van der Waals surface area contributed by atoms with Crippen molar-refractivity contribution < 1.29 is 14.6 Å². The van der Waals surface area contributed by atoms with E-state index in [1.54, 1.807) is 6.07 Å². The van der Waals surface area contributed by atoms with E-state index in [0.717, 1.165) is 21.9 Å². The SMILES string of the molecule is COC(=O)CCc1cc(Cl)c(O)c(-c2ccc3ccccc3c2)c1. The third-order valence-electron chi connectivity index (χ3n) is 4.03. The lowest BCUT2D eigenvalue weighted by Crippen LogP contribution is -2.02. The zero-order valence-electron chi connectivity index (χ0n) is 13.3. The monoisotopic (exact) mass is 340 g/mol. The molecule has 122 valence electrons. The molecule has 0 aliphatic carbocycles. The number of esters is 1. The first-order valence-electron chi connectivity index (χ1n) is 7.66. The number of aromatic hydroxyl groups is 1. The number of methoxy groups -OCH3 is 1. The fraction of sp³-hybridized carbons (Fsp3) is 0.150. The van der Waals surface area contributed by atoms with Gasteiger partial charge in [0, 0.05) is 12.0 Å². The van der Waals surface area contributed by atoms with Crippen LogP contribution in [0.3, 0.4) is 0 Å². The molecular weight excluding hydrogens is 324 g/mol. The van der Waals surface area contributed by atoms with E-state index >= 15 is 0 Å². The number of carbonyl (C=O) groups excluding carboxylic acids is 1. The van der Waals surface area contributed by atoms with Crippen molar-refractivity contribution in [1.29, 1.82) is 0 Å². The number of carbonyl (C=O) groups is 1. The largest absolute Gasteiger partial charge is 0.506 e. The highest BCUT2D eigenvalue weighted by Crippen LogP contribution is 2.37. The van der Waals surface area contributed by atoms with E-state index in [-0.39, 0.29) is 23.2 Å². The molecule has 0 unspecified atom stereocenters. The van der Waals surface area contributed by atoms with Crippen LogP contribution in [0, 0.1) is 0 Å². The Kier molecular flexibility index (Phi) is 4.72. The maximum atomic E-state index is 11.3. The molecule has 0 fully saturated rings. The van der Waals surface area contributed by atoms with Crippen molar-refractivity contribution in [3.8, 4) is 16.9 Å². The summed E-state index contributed by atoms with van der Waals surface area (Å²) in [6, 6.07) is 17.6. The summed E-state index contributed by atoms with van der Waals surface area (Å²) in [5.74, 6) is -0.222. The third kappa shape index (κ3) is 3.36. The van der Waals surface area contributed by atoms with E-state index in [0.29, 0.717) is 12.0 Å². The Morgan fingerprint density at radius 2 is 1.83 bits per heavy atom. The Balaban J connectivity index is 2.01. The molecule has 1 N–H and O–H groups in total. The second-order valence-corrected chi connectivity index (χ2v) is 6.02. The molecule has 0 saturated heterocycles. The van der Waals surface area contributed by atoms with Crippen LogP contribution in [-0.4, -0.2) is 18.2 Å². The molecule has 0 heterocycles. The zero-order chi connectivity index (χ0) is 17.1. The normalized spacial score (nSPS) is 10.8. The van der Waals surface area contributed by atoms with E-state index in [1.165, 1.54) is 7.11 Å². The van der Waals surface area contributed by atoms with Crippen molar-refractivity contribution in [3.05, 3.63) is 65.2 Å². The third-order valence-corrected chi connectivity index (χ3v) is 4.32. The second kappa shape index (κ2) is 6.93. The zero-order valence-corrected chi connectivity index (χ0v) is 14.0. The Morgan fingerprint density at radius 1 is 1.08 bits per heavy atom. The minimum atomic E-state index is -0.272. The number of aryl methyl sites for hydroxylation is 1. The number of phenols is 1. The van der Waals surface area contributed by atoms with Gasteiger partial charge >= 0.3 is 5.97 Å². The van der Waals surface area contributed by atoms with Crippen LogP contribution >= 0.6 is 11.6 Å². The number of phenolic OH excluding ortho intramolecular Hbond substituents is 1. The lowest BCUT2D eigenvalue weighted by molar-refractivity contribution is -0.140. The van der Waals surface area contributed by atoms with Crippen molar-refractivity contribution in [2.75, 3.05) is 7.11 Å². The van der Waals surface area contributed by atoms with Gasteiger partial charge < -0.3 is 9.84 Å². The van der Waals surface area contributed by atoms with Crippen molar-refractivity contribution in [3.63, 3.8) is 0 Å². The van der Waals surface area contributed by atoms with Gasteiger partial charge in [-0.3, -0.25) is 4.79 Å². The first-order valence-corrected chi connectivity index (χ1v) is 8.03. The molecular formula is C20H17ClO3. The predicted molar refractivity (Wildman–Crippen MR) is 96.4 cm³/mol. The smallest absolute Gasteiger partial charge is 0.305 e. The van der Waals surface area contributed by atoms with Gasteiger partial charge in [-0.25, -0.2) is 0 Å². The molecule has 24 heavy (non-hydrogen) atoms. The highest BCUT2D eigenvalue weighted by Gasteiger charge is 2.12. The Bertz CT molecular complexity index is 903. The van der Waals surface area contributed by atoms with E-state index < -0.39 is 0 Å². The lowest BCUT2D eigenvalue weighted by atomic mass is 9.97. The summed E-state index contributed by atoms with van der Waals surface area (Å²) in [6.45, 7) is 0. The number of hydrogen-bond donors (Lipinski definition) is 1. The van der Waals surface area contributed by atoms with Crippen LogP contribution in [0.2, 0.25) is 5.02 Å². The van der Waals surface area contributed by atoms with Gasteiger partial charge in [-0.1, -0.05) is 48.0 Å². The first kappa shape index (κ1) is 16.3. The molecule has 4 heteroatoms. The molecule has 3 aromatic rings. The van der Waals surface area contributed by atoms with Crippen LogP contribution in [0.15, 0.2) is 54.6 Å². The van der Waals surface area contributed by atoms with Crippen LogP contribution in [0.4, 0.5) is 0 Å².